The monoisotopic (exact) mass is 347 g/mol. The summed E-state index contributed by atoms with van der Waals surface area (Å²) in [4.78, 5) is 14.0. The summed E-state index contributed by atoms with van der Waals surface area (Å²) in [6.07, 6.45) is 1.11. The Morgan fingerprint density at radius 1 is 1.42 bits per heavy atom. The molecule has 1 saturated heterocycles. The molecule has 1 unspecified atom stereocenters. The molecule has 0 radical (unpaired) electrons. The number of carbonyl (C=O) groups is 1. The Hall–Kier alpha value is -0.620. The second kappa shape index (κ2) is 7.85. The molecule has 0 bridgehead atoms. The van der Waals surface area contributed by atoms with Crippen LogP contribution in [0.2, 0.25) is 0 Å². The van der Waals surface area contributed by atoms with E-state index in [1.807, 2.05) is 31.3 Å². The minimum absolute atomic E-state index is 0. The summed E-state index contributed by atoms with van der Waals surface area (Å²) in [6.45, 7) is 2.40. The van der Waals surface area contributed by atoms with Gasteiger partial charge in [0.1, 0.15) is 0 Å². The number of nitrogens with zero attached hydrogens (tertiary/aromatic N) is 1. The number of rotatable bonds is 4. The lowest BCUT2D eigenvalue weighted by Crippen LogP contribution is -2.34. The van der Waals surface area contributed by atoms with E-state index in [1.165, 1.54) is 0 Å². The number of carbonyl (C=O) groups excluding carboxylic acids is 1. The first-order valence-electron chi connectivity index (χ1n) is 6.12. The fourth-order valence-electron chi connectivity index (χ4n) is 2.15. The van der Waals surface area contributed by atoms with E-state index in [-0.39, 0.29) is 18.3 Å². The molecule has 1 heterocycles. The third kappa shape index (κ3) is 5.10. The SMILES string of the molecule is CNC1CCN(CC(=O)Nc2ccc(Br)cc2)C1.Cl. The molecule has 1 aromatic carbocycles. The number of halogens is 2. The van der Waals surface area contributed by atoms with Crippen LogP contribution in [-0.2, 0) is 4.79 Å². The molecule has 106 valence electrons. The van der Waals surface area contributed by atoms with Gasteiger partial charge in [-0.3, -0.25) is 9.69 Å². The van der Waals surface area contributed by atoms with Crippen molar-refractivity contribution in [3.05, 3.63) is 28.7 Å². The fourth-order valence-corrected chi connectivity index (χ4v) is 2.41. The van der Waals surface area contributed by atoms with E-state index in [0.717, 1.165) is 29.7 Å². The molecule has 1 amide bonds. The molecule has 1 fully saturated rings. The molecular formula is C13H19BrClN3O. The van der Waals surface area contributed by atoms with E-state index in [0.29, 0.717) is 12.6 Å². The van der Waals surface area contributed by atoms with Crippen LogP contribution < -0.4 is 10.6 Å². The largest absolute Gasteiger partial charge is 0.325 e. The van der Waals surface area contributed by atoms with Gasteiger partial charge in [0.25, 0.3) is 0 Å². The Morgan fingerprint density at radius 3 is 2.68 bits per heavy atom. The quantitative estimate of drug-likeness (QED) is 0.876. The molecule has 2 rings (SSSR count). The van der Waals surface area contributed by atoms with E-state index in [4.69, 9.17) is 0 Å². The molecule has 6 heteroatoms. The zero-order valence-electron chi connectivity index (χ0n) is 10.9. The molecule has 1 aromatic rings. The molecule has 1 atom stereocenters. The molecular weight excluding hydrogens is 330 g/mol. The van der Waals surface area contributed by atoms with Crippen molar-refractivity contribution in [3.63, 3.8) is 0 Å². The maximum absolute atomic E-state index is 11.9. The second-order valence-electron chi connectivity index (χ2n) is 4.56. The predicted octanol–water partition coefficient (Wildman–Crippen LogP) is 2.10. The Kier molecular flexibility index (Phi) is 6.79. The van der Waals surface area contributed by atoms with E-state index < -0.39 is 0 Å². The lowest BCUT2D eigenvalue weighted by molar-refractivity contribution is -0.117. The fraction of sp³-hybridized carbons (Fsp3) is 0.462. The lowest BCUT2D eigenvalue weighted by Gasteiger charge is -2.15. The number of likely N-dealkylation sites (N-methyl/N-ethyl adjacent to an activating group) is 1. The van der Waals surface area contributed by atoms with Crippen molar-refractivity contribution in [3.8, 4) is 0 Å². The summed E-state index contributed by atoms with van der Waals surface area (Å²) < 4.78 is 1.01. The van der Waals surface area contributed by atoms with Crippen LogP contribution >= 0.6 is 28.3 Å². The Labute approximate surface area is 128 Å². The zero-order chi connectivity index (χ0) is 13.0. The zero-order valence-corrected chi connectivity index (χ0v) is 13.3. The van der Waals surface area contributed by atoms with Crippen molar-refractivity contribution in [2.24, 2.45) is 0 Å². The van der Waals surface area contributed by atoms with Crippen LogP contribution in [0.15, 0.2) is 28.7 Å². The normalized spacial score (nSPS) is 18.9. The van der Waals surface area contributed by atoms with Crippen molar-refractivity contribution < 1.29 is 4.79 Å². The highest BCUT2D eigenvalue weighted by atomic mass is 79.9. The van der Waals surface area contributed by atoms with Crippen molar-refractivity contribution in [2.45, 2.75) is 12.5 Å². The van der Waals surface area contributed by atoms with Gasteiger partial charge in [-0.2, -0.15) is 0 Å². The van der Waals surface area contributed by atoms with Crippen LogP contribution in [0.25, 0.3) is 0 Å². The smallest absolute Gasteiger partial charge is 0.238 e. The number of nitrogens with one attached hydrogen (secondary N) is 2. The highest BCUT2D eigenvalue weighted by Crippen LogP contribution is 2.14. The second-order valence-corrected chi connectivity index (χ2v) is 5.48. The highest BCUT2D eigenvalue weighted by molar-refractivity contribution is 9.10. The first kappa shape index (κ1) is 16.4. The van der Waals surface area contributed by atoms with Gasteiger partial charge in [0.2, 0.25) is 5.91 Å². The van der Waals surface area contributed by atoms with Gasteiger partial charge >= 0.3 is 0 Å². The summed E-state index contributed by atoms with van der Waals surface area (Å²) in [5, 5.41) is 6.15. The van der Waals surface area contributed by atoms with Gasteiger partial charge in [-0.15, -0.1) is 12.4 Å². The predicted molar refractivity (Wildman–Crippen MR) is 83.9 cm³/mol. The minimum Gasteiger partial charge on any atom is -0.325 e. The third-order valence-electron chi connectivity index (χ3n) is 3.18. The van der Waals surface area contributed by atoms with Gasteiger partial charge < -0.3 is 10.6 Å². The molecule has 1 aliphatic heterocycles. The minimum atomic E-state index is 0. The summed E-state index contributed by atoms with van der Waals surface area (Å²) in [5.74, 6) is 0.0501. The maximum Gasteiger partial charge on any atom is 0.238 e. The van der Waals surface area contributed by atoms with Crippen LogP contribution in [0.3, 0.4) is 0 Å². The first-order valence-corrected chi connectivity index (χ1v) is 6.91. The van der Waals surface area contributed by atoms with E-state index in [2.05, 4.69) is 31.5 Å². The summed E-state index contributed by atoms with van der Waals surface area (Å²) in [6, 6.07) is 8.14. The summed E-state index contributed by atoms with van der Waals surface area (Å²) >= 11 is 3.37. The molecule has 0 saturated carbocycles. The van der Waals surface area contributed by atoms with Gasteiger partial charge in [0.15, 0.2) is 0 Å². The molecule has 0 aliphatic carbocycles. The average molecular weight is 349 g/mol. The topological polar surface area (TPSA) is 44.4 Å². The van der Waals surface area contributed by atoms with E-state index in [9.17, 15) is 4.79 Å². The Bertz CT molecular complexity index is 413. The van der Waals surface area contributed by atoms with Gasteiger partial charge in [-0.25, -0.2) is 0 Å². The number of anilines is 1. The van der Waals surface area contributed by atoms with Gasteiger partial charge in [-0.1, -0.05) is 15.9 Å². The van der Waals surface area contributed by atoms with Crippen molar-refractivity contribution in [1.82, 2.24) is 10.2 Å². The average Bonchev–Trinajstić information content (AvgIpc) is 2.79. The Balaban J connectivity index is 0.00000180. The Morgan fingerprint density at radius 2 is 2.11 bits per heavy atom. The summed E-state index contributed by atoms with van der Waals surface area (Å²) in [7, 11) is 1.97. The van der Waals surface area contributed by atoms with E-state index in [1.54, 1.807) is 0 Å². The third-order valence-corrected chi connectivity index (χ3v) is 3.70. The van der Waals surface area contributed by atoms with Gasteiger partial charge in [-0.05, 0) is 37.7 Å². The van der Waals surface area contributed by atoms with Gasteiger partial charge in [0, 0.05) is 29.3 Å². The van der Waals surface area contributed by atoms with Crippen LogP contribution in [-0.4, -0.2) is 43.5 Å². The molecule has 0 aromatic heterocycles. The van der Waals surface area contributed by atoms with E-state index >= 15 is 0 Å². The maximum atomic E-state index is 11.9. The molecule has 1 aliphatic rings. The van der Waals surface area contributed by atoms with Crippen LogP contribution in [0, 0.1) is 0 Å². The number of hydrogen-bond acceptors (Lipinski definition) is 3. The van der Waals surface area contributed by atoms with Crippen molar-refractivity contribution >= 4 is 39.9 Å². The van der Waals surface area contributed by atoms with Gasteiger partial charge in [0.05, 0.1) is 6.54 Å². The van der Waals surface area contributed by atoms with Crippen LogP contribution in [0.5, 0.6) is 0 Å². The number of likely N-dealkylation sites (tertiary alicyclic amines) is 1. The van der Waals surface area contributed by atoms with Crippen molar-refractivity contribution in [2.75, 3.05) is 32.0 Å². The number of benzene rings is 1. The lowest BCUT2D eigenvalue weighted by atomic mass is 10.3. The highest BCUT2D eigenvalue weighted by Gasteiger charge is 2.22. The van der Waals surface area contributed by atoms with Crippen molar-refractivity contribution in [1.29, 1.82) is 0 Å². The number of amides is 1. The summed E-state index contributed by atoms with van der Waals surface area (Å²) in [5.41, 5.74) is 0.840. The standard InChI is InChI=1S/C13H18BrN3O.ClH/c1-15-12-6-7-17(8-12)9-13(18)16-11-4-2-10(14)3-5-11;/h2-5,12,15H,6-9H2,1H3,(H,16,18);1H. The molecule has 2 N–H and O–H groups in total. The molecule has 4 nitrogen and oxygen atoms in total. The number of hydrogen-bond donors (Lipinski definition) is 2. The van der Waals surface area contributed by atoms with Crippen LogP contribution in [0.4, 0.5) is 5.69 Å². The molecule has 0 spiro atoms. The van der Waals surface area contributed by atoms with Crippen LogP contribution in [0.1, 0.15) is 6.42 Å². The first-order chi connectivity index (χ1) is 8.67. The molecule has 19 heavy (non-hydrogen) atoms.